The van der Waals surface area contributed by atoms with Gasteiger partial charge in [-0.3, -0.25) is 0 Å². The molecule has 152 valence electrons. The monoisotopic (exact) mass is 406 g/mol. The van der Waals surface area contributed by atoms with Crippen LogP contribution in [0.15, 0.2) is 51.3 Å². The summed E-state index contributed by atoms with van der Waals surface area (Å²) in [6.07, 6.45) is 7.15. The van der Waals surface area contributed by atoms with Gasteiger partial charge in [-0.05, 0) is 44.5 Å². The van der Waals surface area contributed by atoms with Crippen molar-refractivity contribution in [3.63, 3.8) is 0 Å². The molecule has 0 amide bonds. The molecule has 1 aliphatic rings. The van der Waals surface area contributed by atoms with Gasteiger partial charge in [0.05, 0.1) is 33.4 Å². The predicted molar refractivity (Wildman–Crippen MR) is 127 cm³/mol. The summed E-state index contributed by atoms with van der Waals surface area (Å²) < 4.78 is 17.1. The van der Waals surface area contributed by atoms with Crippen LogP contribution >= 0.6 is 0 Å². The fraction of sp³-hybridized carbons (Fsp3) is 0.185. The molecule has 0 unspecified atom stereocenters. The van der Waals surface area contributed by atoms with Crippen molar-refractivity contribution in [3.8, 4) is 23.7 Å². The highest BCUT2D eigenvalue weighted by Gasteiger charge is 2.17. The van der Waals surface area contributed by atoms with E-state index in [0.717, 1.165) is 62.3 Å². The maximum absolute atomic E-state index is 6.41. The van der Waals surface area contributed by atoms with Crippen LogP contribution in [0.1, 0.15) is 37.3 Å². The third kappa shape index (κ3) is 2.97. The maximum atomic E-state index is 6.41. The van der Waals surface area contributed by atoms with E-state index in [0.29, 0.717) is 0 Å². The van der Waals surface area contributed by atoms with Gasteiger partial charge in [0.25, 0.3) is 0 Å². The molecule has 0 radical (unpaired) electrons. The average Bonchev–Trinajstić information content (AvgIpc) is 2.97. The highest BCUT2D eigenvalue weighted by Crippen LogP contribution is 2.33. The van der Waals surface area contributed by atoms with Gasteiger partial charge < -0.3 is 18.0 Å². The molecule has 4 aromatic rings. The molecule has 0 N–H and O–H groups in total. The molecule has 0 fully saturated rings. The van der Waals surface area contributed by atoms with Crippen molar-refractivity contribution in [1.82, 2.24) is 9.13 Å². The van der Waals surface area contributed by atoms with Gasteiger partial charge in [-0.25, -0.2) is 0 Å². The second-order valence-corrected chi connectivity index (χ2v) is 7.48. The Hall–Kier alpha value is -4.02. The first kappa shape index (κ1) is 19.0. The van der Waals surface area contributed by atoms with E-state index < -0.39 is 0 Å². The van der Waals surface area contributed by atoms with Gasteiger partial charge >= 0.3 is 0 Å². The van der Waals surface area contributed by atoms with Crippen molar-refractivity contribution >= 4 is 44.9 Å². The van der Waals surface area contributed by atoms with Gasteiger partial charge in [-0.15, -0.1) is 11.8 Å². The number of allylic oxidation sites excluding steroid dienone is 3. The first-order valence-corrected chi connectivity index (χ1v) is 10.2. The van der Waals surface area contributed by atoms with Gasteiger partial charge in [0.1, 0.15) is 0 Å². The topological polar surface area (TPSA) is 36.1 Å². The van der Waals surface area contributed by atoms with Crippen molar-refractivity contribution in [2.24, 2.45) is 14.1 Å². The van der Waals surface area contributed by atoms with Crippen LogP contribution in [-0.2, 0) is 14.1 Å². The molecule has 5 rings (SSSR count). The summed E-state index contributed by atoms with van der Waals surface area (Å²) in [6, 6.07) is 10.1. The molecule has 0 aliphatic heterocycles. The lowest BCUT2D eigenvalue weighted by molar-refractivity contribution is 0.569. The molecule has 4 nitrogen and oxygen atoms in total. The largest absolute Gasteiger partial charge is 0.452 e. The van der Waals surface area contributed by atoms with Crippen LogP contribution in [0.25, 0.3) is 44.9 Å². The minimum atomic E-state index is 0.743. The molecule has 0 bridgehead atoms. The number of aryl methyl sites for hydroxylation is 2. The first-order chi connectivity index (χ1) is 15.1. The molecule has 0 spiro atoms. The molecule has 31 heavy (non-hydrogen) atoms. The fourth-order valence-corrected chi connectivity index (χ4v) is 4.12. The third-order valence-corrected chi connectivity index (χ3v) is 5.63. The van der Waals surface area contributed by atoms with Crippen molar-refractivity contribution < 1.29 is 8.83 Å². The summed E-state index contributed by atoms with van der Waals surface area (Å²) in [5, 5.41) is 0. The van der Waals surface area contributed by atoms with E-state index in [4.69, 9.17) is 8.83 Å². The highest BCUT2D eigenvalue weighted by atomic mass is 16.3. The van der Waals surface area contributed by atoms with Crippen LogP contribution in [0.3, 0.4) is 0 Å². The fourth-order valence-electron chi connectivity index (χ4n) is 4.12. The minimum Gasteiger partial charge on any atom is -0.452 e. The minimum absolute atomic E-state index is 0.743. The number of para-hydroxylation sites is 1. The van der Waals surface area contributed by atoms with Crippen LogP contribution in [0, 0.1) is 23.7 Å². The van der Waals surface area contributed by atoms with Gasteiger partial charge in [0.15, 0.2) is 22.5 Å². The highest BCUT2D eigenvalue weighted by molar-refractivity contribution is 5.95. The van der Waals surface area contributed by atoms with Crippen molar-refractivity contribution in [2.45, 2.75) is 20.3 Å². The Balaban J connectivity index is 1.90. The van der Waals surface area contributed by atoms with Gasteiger partial charge in [0, 0.05) is 20.2 Å². The Labute approximate surface area is 180 Å². The van der Waals surface area contributed by atoms with E-state index in [1.54, 1.807) is 0 Å². The number of benzene rings is 2. The average molecular weight is 406 g/mol. The van der Waals surface area contributed by atoms with Crippen LogP contribution in [0.5, 0.6) is 0 Å². The van der Waals surface area contributed by atoms with Crippen LogP contribution in [-0.4, -0.2) is 9.13 Å². The molecule has 0 saturated carbocycles. The summed E-state index contributed by atoms with van der Waals surface area (Å²) in [5.41, 5.74) is 7.99. The molecule has 2 aromatic heterocycles. The first-order valence-electron chi connectivity index (χ1n) is 10.2. The zero-order valence-corrected chi connectivity index (χ0v) is 18.0. The Morgan fingerprint density at radius 1 is 0.871 bits per heavy atom. The molecule has 1 aliphatic carbocycles. The summed E-state index contributed by atoms with van der Waals surface area (Å²) >= 11 is 0. The number of fused-ring (bicyclic) bond motifs is 4. The van der Waals surface area contributed by atoms with E-state index in [2.05, 4.69) is 64.2 Å². The van der Waals surface area contributed by atoms with Gasteiger partial charge in [-0.1, -0.05) is 30.1 Å². The number of hydrogen-bond donors (Lipinski definition) is 0. The van der Waals surface area contributed by atoms with Crippen molar-refractivity contribution in [3.05, 3.63) is 59.5 Å². The molecular formula is C27H22N2O2. The second kappa shape index (κ2) is 7.35. The van der Waals surface area contributed by atoms with Crippen LogP contribution in [0.2, 0.25) is 0 Å². The molecule has 0 saturated heterocycles. The van der Waals surface area contributed by atoms with E-state index in [1.165, 1.54) is 0 Å². The number of rotatable bonds is 0. The second-order valence-electron chi connectivity index (χ2n) is 7.48. The Kier molecular flexibility index (Phi) is 4.50. The maximum Gasteiger partial charge on any atom is 0.166 e. The normalized spacial score (nSPS) is 12.6. The lowest BCUT2D eigenvalue weighted by atomic mass is 10.1. The summed E-state index contributed by atoms with van der Waals surface area (Å²) in [5.74, 6) is 13.1. The van der Waals surface area contributed by atoms with Gasteiger partial charge in [0.2, 0.25) is 0 Å². The third-order valence-electron chi connectivity index (χ3n) is 5.63. The van der Waals surface area contributed by atoms with Gasteiger partial charge in [-0.2, -0.15) is 0 Å². The number of hydrogen-bond acceptors (Lipinski definition) is 2. The van der Waals surface area contributed by atoms with E-state index in [-0.39, 0.29) is 0 Å². The lowest BCUT2D eigenvalue weighted by Crippen LogP contribution is -2.04. The summed E-state index contributed by atoms with van der Waals surface area (Å²) in [6.45, 7) is 3.67. The number of aromatic nitrogens is 2. The molecule has 2 aromatic carbocycles. The molecule has 2 heterocycles. The van der Waals surface area contributed by atoms with Crippen molar-refractivity contribution in [2.75, 3.05) is 0 Å². The Morgan fingerprint density at radius 2 is 1.65 bits per heavy atom. The standard InChI is InChI=1S/C27H22N2O2/c1-5-10-18-12-7-8-14-20-26(18)30-24-17-25-23(16-22(24)28(20)3)29(4)21-15-9-13-19(11-6-2)27(21)31-25/h8-9,12-17H,7H2,1-4H3. The van der Waals surface area contributed by atoms with Crippen LogP contribution in [0.4, 0.5) is 0 Å². The van der Waals surface area contributed by atoms with E-state index in [1.807, 2.05) is 45.2 Å². The SMILES string of the molecule is CC#CC1=CCC=Cc2c1oc1cc3oc4c(C#CC)cccc4n(C)c3cc1n2C. The van der Waals surface area contributed by atoms with E-state index in [9.17, 15) is 0 Å². The quantitative estimate of drug-likeness (QED) is 0.253. The predicted octanol–water partition coefficient (Wildman–Crippen LogP) is 6.33. The number of nitrogens with zero attached hydrogens (tertiary/aromatic N) is 2. The summed E-state index contributed by atoms with van der Waals surface area (Å²) in [7, 11) is 4.11. The summed E-state index contributed by atoms with van der Waals surface area (Å²) in [4.78, 5) is 0. The zero-order chi connectivity index (χ0) is 21.5. The smallest absolute Gasteiger partial charge is 0.166 e. The van der Waals surface area contributed by atoms with E-state index >= 15 is 0 Å². The van der Waals surface area contributed by atoms with Crippen molar-refractivity contribution in [1.29, 1.82) is 0 Å². The van der Waals surface area contributed by atoms with Crippen LogP contribution < -0.4 is 0 Å². The lowest BCUT2D eigenvalue weighted by Gasteiger charge is -2.16. The Bertz CT molecular complexity index is 1600. The molecule has 0 atom stereocenters. The molecule has 4 heteroatoms. The zero-order valence-electron chi connectivity index (χ0n) is 18.0. The molecular weight excluding hydrogens is 384 g/mol. The Morgan fingerprint density at radius 3 is 2.45 bits per heavy atom.